The summed E-state index contributed by atoms with van der Waals surface area (Å²) in [6.07, 6.45) is 0.888. The highest BCUT2D eigenvalue weighted by Gasteiger charge is 2.28. The molecule has 0 bridgehead atoms. The Labute approximate surface area is 91.2 Å². The Balaban J connectivity index is 2.39. The second kappa shape index (κ2) is 4.94. The fourth-order valence-corrected chi connectivity index (χ4v) is 1.79. The van der Waals surface area contributed by atoms with Gasteiger partial charge in [0.2, 0.25) is 0 Å². The first kappa shape index (κ1) is 12.5. The molecule has 0 spiro atoms. The van der Waals surface area contributed by atoms with E-state index in [0.717, 1.165) is 13.1 Å². The lowest BCUT2D eigenvalue weighted by Gasteiger charge is -2.41. The largest absolute Gasteiger partial charge is 0.481 e. The van der Waals surface area contributed by atoms with Crippen molar-refractivity contribution in [2.24, 2.45) is 0 Å². The number of carboxylic acids is 1. The van der Waals surface area contributed by atoms with Crippen molar-refractivity contribution in [2.75, 3.05) is 19.7 Å². The minimum Gasteiger partial charge on any atom is -0.481 e. The van der Waals surface area contributed by atoms with Gasteiger partial charge < -0.3 is 9.84 Å². The highest BCUT2D eigenvalue weighted by atomic mass is 16.5. The van der Waals surface area contributed by atoms with Crippen molar-refractivity contribution in [3.05, 3.63) is 0 Å². The van der Waals surface area contributed by atoms with Crippen LogP contribution < -0.4 is 0 Å². The van der Waals surface area contributed by atoms with E-state index >= 15 is 0 Å². The molecule has 4 heteroatoms. The van der Waals surface area contributed by atoms with Gasteiger partial charge in [0.15, 0.2) is 0 Å². The molecule has 1 atom stereocenters. The molecule has 1 saturated heterocycles. The molecule has 0 aromatic carbocycles. The normalized spacial score (nSPS) is 24.1. The second-order valence-corrected chi connectivity index (χ2v) is 5.04. The number of carbonyl (C=O) groups is 1. The van der Waals surface area contributed by atoms with Crippen LogP contribution in [0.5, 0.6) is 0 Å². The first-order valence-electron chi connectivity index (χ1n) is 5.48. The number of morpholine rings is 1. The SMILES string of the molecule is CC(C)(C)N1CCO[C@H](CCC(=O)O)C1. The molecule has 15 heavy (non-hydrogen) atoms. The summed E-state index contributed by atoms with van der Waals surface area (Å²) in [5.74, 6) is -0.744. The van der Waals surface area contributed by atoms with E-state index in [9.17, 15) is 4.79 Å². The van der Waals surface area contributed by atoms with E-state index in [4.69, 9.17) is 9.84 Å². The first-order chi connectivity index (χ1) is 6.89. The van der Waals surface area contributed by atoms with Gasteiger partial charge >= 0.3 is 5.97 Å². The van der Waals surface area contributed by atoms with Crippen LogP contribution in [0.3, 0.4) is 0 Å². The average Bonchev–Trinajstić information content (AvgIpc) is 2.14. The van der Waals surface area contributed by atoms with Gasteiger partial charge in [-0.2, -0.15) is 0 Å². The number of carboxylic acid groups (broad SMARTS) is 1. The van der Waals surface area contributed by atoms with Crippen molar-refractivity contribution < 1.29 is 14.6 Å². The third-order valence-electron chi connectivity index (χ3n) is 2.77. The van der Waals surface area contributed by atoms with Crippen molar-refractivity contribution in [3.8, 4) is 0 Å². The fraction of sp³-hybridized carbons (Fsp3) is 0.909. The van der Waals surface area contributed by atoms with Crippen molar-refractivity contribution in [1.82, 2.24) is 4.90 Å². The topological polar surface area (TPSA) is 49.8 Å². The molecule has 1 heterocycles. The number of hydrogen-bond acceptors (Lipinski definition) is 3. The Morgan fingerprint density at radius 2 is 2.20 bits per heavy atom. The van der Waals surface area contributed by atoms with Gasteiger partial charge in [0.05, 0.1) is 12.7 Å². The van der Waals surface area contributed by atoms with Crippen LogP contribution in [0.25, 0.3) is 0 Å². The Hall–Kier alpha value is -0.610. The maximum Gasteiger partial charge on any atom is 0.303 e. The number of nitrogens with zero attached hydrogens (tertiary/aromatic N) is 1. The van der Waals surface area contributed by atoms with E-state index in [-0.39, 0.29) is 18.1 Å². The standard InChI is InChI=1S/C11H21NO3/c1-11(2,3)12-6-7-15-9(8-12)4-5-10(13)14/h9H,4-8H2,1-3H3,(H,13,14)/t9-/m1/s1. The smallest absolute Gasteiger partial charge is 0.303 e. The molecule has 1 aliphatic rings. The Morgan fingerprint density at radius 3 is 2.73 bits per heavy atom. The molecule has 1 fully saturated rings. The summed E-state index contributed by atoms with van der Waals surface area (Å²) >= 11 is 0. The van der Waals surface area contributed by atoms with Crippen LogP contribution in [0.1, 0.15) is 33.6 Å². The summed E-state index contributed by atoms with van der Waals surface area (Å²) in [7, 11) is 0. The van der Waals surface area contributed by atoms with Crippen LogP contribution in [0, 0.1) is 0 Å². The van der Waals surface area contributed by atoms with Gasteiger partial charge in [-0.05, 0) is 27.2 Å². The lowest BCUT2D eigenvalue weighted by Crippen LogP contribution is -2.51. The Kier molecular flexibility index (Phi) is 4.11. The summed E-state index contributed by atoms with van der Waals surface area (Å²) < 4.78 is 5.55. The molecule has 88 valence electrons. The van der Waals surface area contributed by atoms with Crippen LogP contribution in [0.15, 0.2) is 0 Å². The molecule has 0 radical (unpaired) electrons. The first-order valence-corrected chi connectivity index (χ1v) is 5.48. The fourth-order valence-electron chi connectivity index (χ4n) is 1.79. The van der Waals surface area contributed by atoms with E-state index in [1.807, 2.05) is 0 Å². The summed E-state index contributed by atoms with van der Waals surface area (Å²) in [4.78, 5) is 12.8. The van der Waals surface area contributed by atoms with E-state index in [1.165, 1.54) is 0 Å². The molecule has 0 aromatic heterocycles. The zero-order valence-electron chi connectivity index (χ0n) is 9.82. The van der Waals surface area contributed by atoms with Crippen LogP contribution >= 0.6 is 0 Å². The lowest BCUT2D eigenvalue weighted by molar-refractivity contribution is -0.138. The van der Waals surface area contributed by atoms with E-state index in [1.54, 1.807) is 0 Å². The molecular formula is C11H21NO3. The van der Waals surface area contributed by atoms with Gasteiger partial charge in [-0.15, -0.1) is 0 Å². The summed E-state index contributed by atoms with van der Waals surface area (Å²) in [5, 5.41) is 8.60. The zero-order valence-corrected chi connectivity index (χ0v) is 9.82. The number of ether oxygens (including phenoxy) is 1. The van der Waals surface area contributed by atoms with E-state index in [0.29, 0.717) is 13.0 Å². The number of aliphatic carboxylic acids is 1. The van der Waals surface area contributed by atoms with E-state index < -0.39 is 5.97 Å². The van der Waals surface area contributed by atoms with Gasteiger partial charge in [-0.3, -0.25) is 9.69 Å². The van der Waals surface area contributed by atoms with Crippen LogP contribution in [-0.4, -0.2) is 47.3 Å². The monoisotopic (exact) mass is 215 g/mol. The van der Waals surface area contributed by atoms with Gasteiger partial charge in [-0.1, -0.05) is 0 Å². The second-order valence-electron chi connectivity index (χ2n) is 5.04. The van der Waals surface area contributed by atoms with Crippen LogP contribution in [0.2, 0.25) is 0 Å². The van der Waals surface area contributed by atoms with Crippen molar-refractivity contribution in [1.29, 1.82) is 0 Å². The molecule has 4 nitrogen and oxygen atoms in total. The third-order valence-corrected chi connectivity index (χ3v) is 2.77. The van der Waals surface area contributed by atoms with Crippen molar-refractivity contribution >= 4 is 5.97 Å². The van der Waals surface area contributed by atoms with Crippen LogP contribution in [-0.2, 0) is 9.53 Å². The third kappa shape index (κ3) is 4.18. The summed E-state index contributed by atoms with van der Waals surface area (Å²) in [5.41, 5.74) is 0.144. The molecule has 1 rings (SSSR count). The Morgan fingerprint density at radius 1 is 1.53 bits per heavy atom. The predicted octanol–water partition coefficient (Wildman–Crippen LogP) is 1.35. The molecule has 0 amide bonds. The number of rotatable bonds is 3. The van der Waals surface area contributed by atoms with Crippen molar-refractivity contribution in [3.63, 3.8) is 0 Å². The molecule has 0 unspecified atom stereocenters. The minimum absolute atomic E-state index is 0.0778. The molecule has 0 aliphatic carbocycles. The van der Waals surface area contributed by atoms with Crippen LogP contribution in [0.4, 0.5) is 0 Å². The maximum absolute atomic E-state index is 10.5. The molecule has 0 aromatic rings. The van der Waals surface area contributed by atoms with E-state index in [2.05, 4.69) is 25.7 Å². The van der Waals surface area contributed by atoms with Gasteiger partial charge in [-0.25, -0.2) is 0 Å². The Bertz CT molecular complexity index is 222. The molecule has 0 saturated carbocycles. The van der Waals surface area contributed by atoms with Gasteiger partial charge in [0.25, 0.3) is 0 Å². The highest BCUT2D eigenvalue weighted by molar-refractivity contribution is 5.66. The quantitative estimate of drug-likeness (QED) is 0.772. The van der Waals surface area contributed by atoms with Gasteiger partial charge in [0.1, 0.15) is 0 Å². The van der Waals surface area contributed by atoms with Gasteiger partial charge in [0, 0.05) is 25.0 Å². The molecule has 1 N–H and O–H groups in total. The summed E-state index contributed by atoms with van der Waals surface area (Å²) in [6, 6.07) is 0. The highest BCUT2D eigenvalue weighted by Crippen LogP contribution is 2.19. The molecule has 1 aliphatic heterocycles. The zero-order chi connectivity index (χ0) is 11.5. The molecular weight excluding hydrogens is 194 g/mol. The maximum atomic E-state index is 10.5. The van der Waals surface area contributed by atoms with Crippen molar-refractivity contribution in [2.45, 2.75) is 45.3 Å². The average molecular weight is 215 g/mol. The lowest BCUT2D eigenvalue weighted by atomic mass is 10.0. The predicted molar refractivity (Wildman–Crippen MR) is 57.9 cm³/mol. The minimum atomic E-state index is -0.744. The number of hydrogen-bond donors (Lipinski definition) is 1. The summed E-state index contributed by atoms with van der Waals surface area (Å²) in [6.45, 7) is 9.01.